The van der Waals surface area contributed by atoms with Crippen LogP contribution in [-0.4, -0.2) is 37.1 Å². The highest BCUT2D eigenvalue weighted by Gasteiger charge is 2.50. The van der Waals surface area contributed by atoms with Gasteiger partial charge in [0.2, 0.25) is 0 Å². The first kappa shape index (κ1) is 15.9. The van der Waals surface area contributed by atoms with Gasteiger partial charge in [0.25, 0.3) is 5.91 Å². The van der Waals surface area contributed by atoms with Crippen LogP contribution < -0.4 is 14.8 Å². The van der Waals surface area contributed by atoms with E-state index in [0.717, 1.165) is 4.90 Å². The number of hydrogen-bond donors (Lipinski definition) is 1. The lowest BCUT2D eigenvalue weighted by atomic mass is 9.99. The van der Waals surface area contributed by atoms with Gasteiger partial charge in [-0.1, -0.05) is 12.1 Å². The molecule has 1 aliphatic rings. The quantitative estimate of drug-likeness (QED) is 0.821. The molecule has 1 N–H and O–H groups in total. The van der Waals surface area contributed by atoms with Crippen molar-refractivity contribution < 1.29 is 23.5 Å². The van der Waals surface area contributed by atoms with E-state index in [1.54, 1.807) is 38.3 Å². The fraction of sp³-hybridized carbons (Fsp3) is 0.294. The first-order valence-corrected chi connectivity index (χ1v) is 7.50. The van der Waals surface area contributed by atoms with E-state index >= 15 is 0 Å². The summed E-state index contributed by atoms with van der Waals surface area (Å²) in [6, 6.07) is 10.1. The Hall–Kier alpha value is -2.96. The van der Waals surface area contributed by atoms with Crippen molar-refractivity contribution in [1.29, 1.82) is 0 Å². The van der Waals surface area contributed by atoms with Crippen molar-refractivity contribution in [3.05, 3.63) is 48.4 Å². The topological polar surface area (TPSA) is 81.0 Å². The Morgan fingerprint density at radius 1 is 1.17 bits per heavy atom. The van der Waals surface area contributed by atoms with Crippen LogP contribution in [0, 0.1) is 0 Å². The minimum atomic E-state index is -1.19. The number of imide groups is 1. The molecule has 1 aromatic carbocycles. The standard InChI is InChI=1S/C17H18N2O5/c1-17(14-8-5-10-24-14)15(20)19(16(21)18-17)9-11-23-13-7-4-3-6-12(13)22-2/h3-8,10H,9,11H2,1-2H3,(H,18,21)/t17-/m0/s1. The van der Waals surface area contributed by atoms with Crippen LogP contribution in [-0.2, 0) is 10.3 Å². The lowest BCUT2D eigenvalue weighted by Crippen LogP contribution is -2.41. The smallest absolute Gasteiger partial charge is 0.325 e. The van der Waals surface area contributed by atoms with Crippen molar-refractivity contribution >= 4 is 11.9 Å². The van der Waals surface area contributed by atoms with Gasteiger partial charge < -0.3 is 19.2 Å². The third kappa shape index (κ3) is 2.68. The SMILES string of the molecule is COc1ccccc1OCCN1C(=O)N[C@@](C)(c2ccco2)C1=O. The van der Waals surface area contributed by atoms with Crippen LogP contribution >= 0.6 is 0 Å². The van der Waals surface area contributed by atoms with Gasteiger partial charge in [0.1, 0.15) is 12.4 Å². The number of urea groups is 1. The van der Waals surface area contributed by atoms with Crippen molar-refractivity contribution in [2.75, 3.05) is 20.3 Å². The summed E-state index contributed by atoms with van der Waals surface area (Å²) in [7, 11) is 1.55. The highest BCUT2D eigenvalue weighted by molar-refractivity contribution is 6.06. The number of nitrogens with zero attached hydrogens (tertiary/aromatic N) is 1. The number of furan rings is 1. The molecular weight excluding hydrogens is 312 g/mol. The molecule has 0 radical (unpaired) electrons. The second-order valence-electron chi connectivity index (χ2n) is 5.49. The van der Waals surface area contributed by atoms with Gasteiger partial charge in [-0.25, -0.2) is 4.79 Å². The van der Waals surface area contributed by atoms with E-state index in [4.69, 9.17) is 13.9 Å². The van der Waals surface area contributed by atoms with E-state index in [-0.39, 0.29) is 19.1 Å². The predicted octanol–water partition coefficient (Wildman–Crippen LogP) is 2.13. The minimum Gasteiger partial charge on any atom is -0.493 e. The largest absolute Gasteiger partial charge is 0.493 e. The number of rotatable bonds is 6. The molecule has 0 spiro atoms. The zero-order chi connectivity index (χ0) is 17.2. The number of carbonyl (C=O) groups excluding carboxylic acids is 2. The molecule has 126 valence electrons. The van der Waals surface area contributed by atoms with E-state index in [2.05, 4.69) is 5.32 Å². The third-order valence-electron chi connectivity index (χ3n) is 3.93. The van der Waals surface area contributed by atoms with Crippen molar-refractivity contribution in [3.8, 4) is 11.5 Å². The van der Waals surface area contributed by atoms with Crippen molar-refractivity contribution in [2.24, 2.45) is 0 Å². The Morgan fingerprint density at radius 3 is 2.58 bits per heavy atom. The number of ether oxygens (including phenoxy) is 2. The van der Waals surface area contributed by atoms with Crippen LogP contribution in [0.25, 0.3) is 0 Å². The molecule has 0 unspecified atom stereocenters. The second kappa shape index (κ2) is 6.27. The van der Waals surface area contributed by atoms with Crippen LogP contribution in [0.2, 0.25) is 0 Å². The Labute approximate surface area is 139 Å². The molecule has 3 rings (SSSR count). The molecule has 7 heteroatoms. The summed E-state index contributed by atoms with van der Waals surface area (Å²) in [5, 5.41) is 2.67. The van der Waals surface area contributed by atoms with Crippen LogP contribution in [0.1, 0.15) is 12.7 Å². The second-order valence-corrected chi connectivity index (χ2v) is 5.49. The highest BCUT2D eigenvalue weighted by Crippen LogP contribution is 2.29. The van der Waals surface area contributed by atoms with E-state index in [9.17, 15) is 9.59 Å². The van der Waals surface area contributed by atoms with Crippen LogP contribution in [0.3, 0.4) is 0 Å². The number of methoxy groups -OCH3 is 1. The average Bonchev–Trinajstić information content (AvgIpc) is 3.19. The van der Waals surface area contributed by atoms with E-state index in [0.29, 0.717) is 17.3 Å². The molecule has 3 amide bonds. The number of carbonyl (C=O) groups is 2. The van der Waals surface area contributed by atoms with Crippen molar-refractivity contribution in [1.82, 2.24) is 10.2 Å². The molecule has 0 aliphatic carbocycles. The lowest BCUT2D eigenvalue weighted by Gasteiger charge is -2.19. The van der Waals surface area contributed by atoms with Crippen molar-refractivity contribution in [3.63, 3.8) is 0 Å². The summed E-state index contributed by atoms with van der Waals surface area (Å²) in [5.41, 5.74) is -1.19. The minimum absolute atomic E-state index is 0.124. The van der Waals surface area contributed by atoms with Crippen LogP contribution in [0.15, 0.2) is 47.1 Å². The van der Waals surface area contributed by atoms with Gasteiger partial charge in [-0.15, -0.1) is 0 Å². The summed E-state index contributed by atoms with van der Waals surface area (Å²) in [5.74, 6) is 1.18. The molecule has 0 saturated carbocycles. The lowest BCUT2D eigenvalue weighted by molar-refractivity contribution is -0.131. The highest BCUT2D eigenvalue weighted by atomic mass is 16.5. The number of para-hydroxylation sites is 2. The number of hydrogen-bond acceptors (Lipinski definition) is 5. The molecule has 24 heavy (non-hydrogen) atoms. The average molecular weight is 330 g/mol. The first-order valence-electron chi connectivity index (χ1n) is 7.50. The fourth-order valence-corrected chi connectivity index (χ4v) is 2.62. The maximum absolute atomic E-state index is 12.6. The molecular formula is C17H18N2O5. The fourth-order valence-electron chi connectivity index (χ4n) is 2.62. The summed E-state index contributed by atoms with van der Waals surface area (Å²) in [4.78, 5) is 25.9. The predicted molar refractivity (Wildman–Crippen MR) is 84.8 cm³/mol. The monoisotopic (exact) mass is 330 g/mol. The molecule has 1 atom stereocenters. The zero-order valence-corrected chi connectivity index (χ0v) is 13.4. The van der Waals surface area contributed by atoms with Crippen molar-refractivity contribution in [2.45, 2.75) is 12.5 Å². The summed E-state index contributed by atoms with van der Waals surface area (Å²) < 4.78 is 16.1. The van der Waals surface area contributed by atoms with E-state index < -0.39 is 11.6 Å². The van der Waals surface area contributed by atoms with Gasteiger partial charge in [0.05, 0.1) is 19.9 Å². The van der Waals surface area contributed by atoms with Gasteiger partial charge in [0.15, 0.2) is 17.0 Å². The van der Waals surface area contributed by atoms with Gasteiger partial charge in [-0.05, 0) is 31.2 Å². The van der Waals surface area contributed by atoms with Gasteiger partial charge in [-0.3, -0.25) is 9.69 Å². The summed E-state index contributed by atoms with van der Waals surface area (Å²) in [6.07, 6.45) is 1.47. The Kier molecular flexibility index (Phi) is 4.16. The van der Waals surface area contributed by atoms with Gasteiger partial charge in [-0.2, -0.15) is 0 Å². The maximum Gasteiger partial charge on any atom is 0.325 e. The zero-order valence-electron chi connectivity index (χ0n) is 13.4. The molecule has 7 nitrogen and oxygen atoms in total. The maximum atomic E-state index is 12.6. The molecule has 2 aromatic rings. The summed E-state index contributed by atoms with van der Waals surface area (Å²) >= 11 is 0. The molecule has 0 bridgehead atoms. The number of amides is 3. The Balaban J connectivity index is 1.66. The van der Waals surface area contributed by atoms with Crippen LogP contribution in [0.4, 0.5) is 4.79 Å². The Bertz CT molecular complexity index is 743. The third-order valence-corrected chi connectivity index (χ3v) is 3.93. The van der Waals surface area contributed by atoms with Gasteiger partial charge in [0, 0.05) is 0 Å². The molecule has 1 aromatic heterocycles. The molecule has 1 fully saturated rings. The Morgan fingerprint density at radius 2 is 1.92 bits per heavy atom. The number of benzene rings is 1. The van der Waals surface area contributed by atoms with Gasteiger partial charge >= 0.3 is 6.03 Å². The van der Waals surface area contributed by atoms with E-state index in [1.165, 1.54) is 6.26 Å². The normalized spacial score (nSPS) is 20.2. The number of nitrogens with one attached hydrogen (secondary N) is 1. The molecule has 1 saturated heterocycles. The van der Waals surface area contributed by atoms with E-state index in [1.807, 2.05) is 12.1 Å². The first-order chi connectivity index (χ1) is 11.6. The summed E-state index contributed by atoms with van der Waals surface area (Å²) in [6.45, 7) is 1.90. The molecule has 2 heterocycles. The van der Waals surface area contributed by atoms with Crippen LogP contribution in [0.5, 0.6) is 11.5 Å². The molecule has 1 aliphatic heterocycles.